The first-order valence-electron chi connectivity index (χ1n) is 26.2. The molecule has 29 heteroatoms. The maximum atomic E-state index is 12.5. The Morgan fingerprint density at radius 2 is 1.23 bits per heavy atom. The zero-order valence-corrected chi connectivity index (χ0v) is 46.4. The Balaban J connectivity index is 0.000000594. The lowest BCUT2D eigenvalue weighted by atomic mass is 10.1. The van der Waals surface area contributed by atoms with E-state index in [-0.39, 0.29) is 95.3 Å². The molecule has 1 aliphatic rings. The number of nitrogens with zero attached hydrogens (tertiary/aromatic N) is 9. The van der Waals surface area contributed by atoms with Crippen molar-refractivity contribution in [2.75, 3.05) is 112 Å². The Kier molecular flexibility index (Phi) is 31.6. The van der Waals surface area contributed by atoms with Crippen molar-refractivity contribution in [1.82, 2.24) is 60.6 Å². The maximum absolute atomic E-state index is 12.5. The molecule has 1 aliphatic heterocycles. The molecule has 1 fully saturated rings. The van der Waals surface area contributed by atoms with Gasteiger partial charge in [-0.3, -0.25) is 24.1 Å². The van der Waals surface area contributed by atoms with E-state index in [1.54, 1.807) is 49.9 Å². The van der Waals surface area contributed by atoms with Gasteiger partial charge in [-0.1, -0.05) is 50.3 Å². The number of amides is 7. The van der Waals surface area contributed by atoms with E-state index in [0.29, 0.717) is 63.8 Å². The van der Waals surface area contributed by atoms with Crippen LogP contribution in [0, 0.1) is 5.92 Å². The van der Waals surface area contributed by atoms with Gasteiger partial charge < -0.3 is 69.0 Å². The third kappa shape index (κ3) is 28.0. The number of rotatable bonds is 35. The third-order valence-electron chi connectivity index (χ3n) is 11.1. The molecule has 3 heterocycles. The summed E-state index contributed by atoms with van der Waals surface area (Å²) in [7, 11) is 3.36. The number of hydrogen-bond acceptors (Lipinski definition) is 21. The lowest BCUT2D eigenvalue weighted by Crippen LogP contribution is -2.44. The predicted molar refractivity (Wildman–Crippen MR) is 281 cm³/mol. The molecule has 0 radical (unpaired) electrons. The lowest BCUT2D eigenvalue weighted by Gasteiger charge is -2.21. The highest BCUT2D eigenvalue weighted by molar-refractivity contribution is 6.03. The van der Waals surface area contributed by atoms with Gasteiger partial charge in [-0.15, -0.1) is 10.2 Å². The Morgan fingerprint density at radius 3 is 1.76 bits per heavy atom. The smallest absolute Gasteiger partial charge is 0.409 e. The van der Waals surface area contributed by atoms with Gasteiger partial charge >= 0.3 is 30.3 Å². The first-order valence-corrected chi connectivity index (χ1v) is 26.2. The van der Waals surface area contributed by atoms with Crippen molar-refractivity contribution in [2.45, 2.75) is 99.1 Å². The van der Waals surface area contributed by atoms with Crippen molar-refractivity contribution < 1.29 is 76.3 Å². The van der Waals surface area contributed by atoms with E-state index in [2.05, 4.69) is 48.8 Å². The fourth-order valence-corrected chi connectivity index (χ4v) is 6.49. The van der Waals surface area contributed by atoms with Gasteiger partial charge in [-0.2, -0.15) is 0 Å². The van der Waals surface area contributed by atoms with Crippen molar-refractivity contribution >= 4 is 53.8 Å². The summed E-state index contributed by atoms with van der Waals surface area (Å²) in [6.45, 7) is 12.9. The van der Waals surface area contributed by atoms with Gasteiger partial charge in [0.2, 0.25) is 17.7 Å². The molecule has 2 atom stereocenters. The second kappa shape index (κ2) is 38.0. The van der Waals surface area contributed by atoms with Crippen molar-refractivity contribution in [3.63, 3.8) is 0 Å². The molecular weight excluding hydrogens is 1040 g/mol. The number of esters is 1. The van der Waals surface area contributed by atoms with Gasteiger partial charge in [-0.25, -0.2) is 28.5 Å². The minimum atomic E-state index is -1.02. The summed E-state index contributed by atoms with van der Waals surface area (Å²) >= 11 is 0. The van der Waals surface area contributed by atoms with Gasteiger partial charge in [0.05, 0.1) is 78.2 Å². The van der Waals surface area contributed by atoms with E-state index in [9.17, 15) is 38.4 Å². The average molecular weight is 1120 g/mol. The van der Waals surface area contributed by atoms with Gasteiger partial charge in [-0.05, 0) is 30.5 Å². The lowest BCUT2D eigenvalue weighted by molar-refractivity contribution is -0.145. The Bertz CT molecular complexity index is 2320. The maximum Gasteiger partial charge on any atom is 0.409 e. The quantitative estimate of drug-likeness (QED) is 0.0284. The normalized spacial score (nSPS) is 13.1. The molecule has 79 heavy (non-hydrogen) atoms. The number of alkyl carbamates (subject to hydrolysis) is 3. The molecule has 1 saturated heterocycles. The number of hydrogen-bond donors (Lipinski definition) is 4. The van der Waals surface area contributed by atoms with Gasteiger partial charge in [0.15, 0.2) is 0 Å². The Labute approximate surface area is 459 Å². The molecule has 2 aromatic heterocycles. The highest BCUT2D eigenvalue weighted by Crippen LogP contribution is 2.18. The highest BCUT2D eigenvalue weighted by atomic mass is 16.6. The zero-order valence-electron chi connectivity index (χ0n) is 46.4. The van der Waals surface area contributed by atoms with Crippen molar-refractivity contribution in [3.8, 4) is 0 Å². The first-order chi connectivity index (χ1) is 38.0. The fourth-order valence-electron chi connectivity index (χ4n) is 6.49. The van der Waals surface area contributed by atoms with Crippen LogP contribution in [0.25, 0.3) is 0 Å². The molecule has 1 aromatic carbocycles. The van der Waals surface area contributed by atoms with Crippen LogP contribution in [0.2, 0.25) is 0 Å². The van der Waals surface area contributed by atoms with Crippen LogP contribution in [0.15, 0.2) is 36.7 Å². The topological polar surface area (TPSA) is 330 Å². The minimum absolute atomic E-state index is 0.0145. The van der Waals surface area contributed by atoms with Crippen molar-refractivity contribution in [1.29, 1.82) is 0 Å². The Hall–Kier alpha value is -7.66. The number of carbonyl (C=O) groups is 8. The van der Waals surface area contributed by atoms with E-state index < -0.39 is 43.6 Å². The number of likely N-dealkylation sites (N-methyl/N-ethyl adjacent to an activating group) is 2. The summed E-state index contributed by atoms with van der Waals surface area (Å²) < 4.78 is 45.2. The summed E-state index contributed by atoms with van der Waals surface area (Å²) in [6, 6.07) is 6.81. The summed E-state index contributed by atoms with van der Waals surface area (Å²) in [6.07, 6.45) is 2.71. The summed E-state index contributed by atoms with van der Waals surface area (Å²) in [5.74, 6) is -1.19. The van der Waals surface area contributed by atoms with E-state index in [4.69, 9.17) is 37.9 Å². The van der Waals surface area contributed by atoms with Gasteiger partial charge in [0, 0.05) is 71.7 Å². The molecule has 4 N–H and O–H groups in total. The second-order valence-electron chi connectivity index (χ2n) is 17.8. The molecule has 2 unspecified atom stereocenters. The van der Waals surface area contributed by atoms with Crippen molar-refractivity contribution in [2.24, 2.45) is 5.92 Å². The van der Waals surface area contributed by atoms with Gasteiger partial charge in [0.1, 0.15) is 50.5 Å². The van der Waals surface area contributed by atoms with Crippen LogP contribution in [0.5, 0.6) is 0 Å². The monoisotopic (exact) mass is 1120 g/mol. The number of ether oxygens (including phenoxy) is 8. The summed E-state index contributed by atoms with van der Waals surface area (Å²) in [4.78, 5) is 99.7. The molecule has 3 aromatic rings. The number of anilines is 1. The average Bonchev–Trinajstić information content (AvgIpc) is 4.18. The minimum Gasteiger partial charge on any atom is -0.463 e. The molecule has 0 saturated carbocycles. The SMILES string of the molecule is CCCNc1ccc(COC(=O)N(C)CCN(C)C(C)=O)cc1.CCCOCCn1cc(CNC(=O)OCC(COC(=O)NCc2cn(CCOCCOC(=O)CC)nn2)NC(=O)OCCOCCN2C(=O)CC(C)C2=O)nn1. The molecule has 0 bridgehead atoms. The van der Waals surface area contributed by atoms with Crippen LogP contribution in [0.4, 0.5) is 24.9 Å². The largest absolute Gasteiger partial charge is 0.463 e. The first kappa shape index (κ1) is 65.6. The predicted octanol–water partition coefficient (Wildman–Crippen LogP) is 2.48. The van der Waals surface area contributed by atoms with E-state index in [0.717, 1.165) is 35.5 Å². The second-order valence-corrected chi connectivity index (χ2v) is 17.8. The molecule has 29 nitrogen and oxygen atoms in total. The number of likely N-dealkylation sites (tertiary alicyclic amines) is 1. The molecule has 440 valence electrons. The molecule has 0 spiro atoms. The molecule has 0 aliphatic carbocycles. The zero-order chi connectivity index (χ0) is 57.8. The van der Waals surface area contributed by atoms with Crippen LogP contribution in [0.3, 0.4) is 0 Å². The fraction of sp³-hybridized carbons (Fsp3) is 0.640. The molecule has 4 rings (SSSR count). The standard InChI is InChI=1S/C33H52N10O13.C17H27N3O3/c1-4-9-50-10-6-41-20-25(37-39-41)18-34-31(47)55-22-27(36-33(49)54-16-14-52-12-8-43-28(44)17-24(3)30(43)46)23-56-32(48)35-19-26-21-42(40-38-26)7-11-51-13-15-53-29(45)5-2;1-5-10-18-16-8-6-15(7-9-16)13-23-17(22)20(4)12-11-19(3)14(2)21/h20-21,24,27H,4-19,22-23H2,1-3H3,(H,34,47)(H,35,48)(H,36,49);6-9,18H,5,10-13H2,1-4H3. The van der Waals surface area contributed by atoms with Crippen molar-refractivity contribution in [3.05, 3.63) is 53.6 Å². The Morgan fingerprint density at radius 1 is 0.671 bits per heavy atom. The number of carbonyl (C=O) groups excluding carboxylic acids is 8. The highest BCUT2D eigenvalue weighted by Gasteiger charge is 2.35. The number of aromatic nitrogens is 6. The van der Waals surface area contributed by atoms with Crippen LogP contribution in [-0.2, 0) is 89.9 Å². The van der Waals surface area contributed by atoms with E-state index in [1.807, 2.05) is 31.2 Å². The van der Waals surface area contributed by atoms with Crippen LogP contribution in [-0.4, -0.2) is 205 Å². The van der Waals surface area contributed by atoms with E-state index >= 15 is 0 Å². The molecular formula is C50H79N13O16. The van der Waals surface area contributed by atoms with Crippen LogP contribution in [0.1, 0.15) is 77.3 Å². The number of nitrogens with one attached hydrogen (secondary N) is 4. The third-order valence-corrected chi connectivity index (χ3v) is 11.1. The van der Waals surface area contributed by atoms with E-state index in [1.165, 1.54) is 16.5 Å². The number of imide groups is 1. The van der Waals surface area contributed by atoms with Gasteiger partial charge in [0.25, 0.3) is 0 Å². The summed E-state index contributed by atoms with van der Waals surface area (Å²) in [5.41, 5.74) is 2.91. The summed E-state index contributed by atoms with van der Waals surface area (Å²) in [5, 5.41) is 26.8. The van der Waals surface area contributed by atoms with Crippen LogP contribution < -0.4 is 21.3 Å². The molecule has 7 amide bonds. The van der Waals surface area contributed by atoms with Crippen LogP contribution >= 0.6 is 0 Å². The number of benzene rings is 1.